The van der Waals surface area contributed by atoms with Crippen molar-refractivity contribution in [1.82, 2.24) is 5.32 Å². The minimum absolute atomic E-state index is 0.166. The first kappa shape index (κ1) is 24.7. The molecule has 5 rings (SSSR count). The summed E-state index contributed by atoms with van der Waals surface area (Å²) >= 11 is 0. The molecule has 0 aromatic heterocycles. The van der Waals surface area contributed by atoms with Gasteiger partial charge in [-0.25, -0.2) is 4.79 Å². The lowest BCUT2D eigenvalue weighted by atomic mass is 9.95. The van der Waals surface area contributed by atoms with Crippen molar-refractivity contribution in [3.63, 3.8) is 0 Å². The molecule has 7 nitrogen and oxygen atoms in total. The standard InChI is InChI=1S/C30H31NO6/c1-34-26-14-12-24(21-9-6-10-23-22(21)11-13-25(23)32)27(28(26)35-2)36-18-30(15-16-30)19-37-29(33)31-17-20-7-4-3-5-8-20/h3-10,12,14H,11,13,15-19H2,1-2H3,(H,31,33). The number of ether oxygens (including phenoxy) is 4. The summed E-state index contributed by atoms with van der Waals surface area (Å²) in [6.45, 7) is 1.05. The van der Waals surface area contributed by atoms with Crippen molar-refractivity contribution in [3.8, 4) is 28.4 Å². The number of amides is 1. The zero-order valence-corrected chi connectivity index (χ0v) is 21.2. The van der Waals surface area contributed by atoms with Crippen molar-refractivity contribution in [2.75, 3.05) is 27.4 Å². The molecule has 7 heteroatoms. The number of benzene rings is 3. The van der Waals surface area contributed by atoms with Crippen molar-refractivity contribution in [1.29, 1.82) is 0 Å². The number of nitrogens with one attached hydrogen (secondary N) is 1. The van der Waals surface area contributed by atoms with Crippen molar-refractivity contribution in [2.45, 2.75) is 32.2 Å². The molecule has 1 fully saturated rings. The molecule has 0 heterocycles. The number of alkyl carbamates (subject to hydrolysis) is 1. The van der Waals surface area contributed by atoms with Gasteiger partial charge >= 0.3 is 6.09 Å². The smallest absolute Gasteiger partial charge is 0.407 e. The molecule has 1 N–H and O–H groups in total. The maximum Gasteiger partial charge on any atom is 0.407 e. The Balaban J connectivity index is 1.31. The average Bonchev–Trinajstić information content (AvgIpc) is 3.62. The Kier molecular flexibility index (Phi) is 7.04. The van der Waals surface area contributed by atoms with Gasteiger partial charge in [0.15, 0.2) is 17.3 Å². The van der Waals surface area contributed by atoms with Crippen LogP contribution in [0.2, 0.25) is 0 Å². The van der Waals surface area contributed by atoms with Crippen LogP contribution in [-0.4, -0.2) is 39.3 Å². The van der Waals surface area contributed by atoms with Crippen LogP contribution < -0.4 is 19.5 Å². The van der Waals surface area contributed by atoms with Gasteiger partial charge in [-0.1, -0.05) is 48.5 Å². The lowest BCUT2D eigenvalue weighted by molar-refractivity contribution is 0.0979. The minimum atomic E-state index is -0.445. The van der Waals surface area contributed by atoms with Crippen molar-refractivity contribution in [2.24, 2.45) is 5.41 Å². The summed E-state index contributed by atoms with van der Waals surface area (Å²) in [5, 5.41) is 2.80. The second-order valence-electron chi connectivity index (χ2n) is 9.64. The summed E-state index contributed by atoms with van der Waals surface area (Å²) < 4.78 is 23.2. The average molecular weight is 502 g/mol. The fourth-order valence-electron chi connectivity index (χ4n) is 4.77. The van der Waals surface area contributed by atoms with Crippen LogP contribution in [0.3, 0.4) is 0 Å². The number of rotatable bonds is 10. The Morgan fingerprint density at radius 2 is 1.62 bits per heavy atom. The molecule has 2 aliphatic rings. The summed E-state index contributed by atoms with van der Waals surface area (Å²) in [4.78, 5) is 24.6. The van der Waals surface area contributed by atoms with E-state index in [2.05, 4.69) is 5.32 Å². The maximum absolute atomic E-state index is 12.4. The largest absolute Gasteiger partial charge is 0.493 e. The van der Waals surface area contributed by atoms with E-state index < -0.39 is 6.09 Å². The van der Waals surface area contributed by atoms with Gasteiger partial charge in [0.1, 0.15) is 6.61 Å². The molecule has 3 aromatic rings. The number of fused-ring (bicyclic) bond motifs is 1. The number of ketones is 1. The second kappa shape index (κ2) is 10.5. The van der Waals surface area contributed by atoms with Gasteiger partial charge in [-0.05, 0) is 48.1 Å². The Hall–Kier alpha value is -4.00. The summed E-state index contributed by atoms with van der Waals surface area (Å²) in [5.41, 5.74) is 4.37. The molecule has 37 heavy (non-hydrogen) atoms. The first-order valence-corrected chi connectivity index (χ1v) is 12.5. The summed E-state index contributed by atoms with van der Waals surface area (Å²) in [7, 11) is 3.17. The van der Waals surface area contributed by atoms with Gasteiger partial charge in [-0.15, -0.1) is 0 Å². The van der Waals surface area contributed by atoms with Gasteiger partial charge in [-0.2, -0.15) is 0 Å². The fraction of sp³-hybridized carbons (Fsp3) is 0.333. The van der Waals surface area contributed by atoms with E-state index in [0.29, 0.717) is 43.2 Å². The quantitative estimate of drug-likeness (QED) is 0.390. The Morgan fingerprint density at radius 1 is 0.838 bits per heavy atom. The van der Waals surface area contributed by atoms with Crippen LogP contribution in [0.5, 0.6) is 17.2 Å². The summed E-state index contributed by atoms with van der Waals surface area (Å²) in [6.07, 6.45) is 2.57. The van der Waals surface area contributed by atoms with Crippen molar-refractivity contribution >= 4 is 11.9 Å². The highest BCUT2D eigenvalue weighted by atomic mass is 16.6. The highest BCUT2D eigenvalue weighted by Gasteiger charge is 2.45. The predicted octanol–water partition coefficient (Wildman–Crippen LogP) is 5.59. The van der Waals surface area contributed by atoms with Crippen LogP contribution in [0.1, 0.15) is 40.7 Å². The van der Waals surface area contributed by atoms with E-state index in [1.807, 2.05) is 60.7 Å². The molecule has 192 valence electrons. The Morgan fingerprint density at radius 3 is 2.35 bits per heavy atom. The molecular weight excluding hydrogens is 470 g/mol. The van der Waals surface area contributed by atoms with Gasteiger partial charge in [-0.3, -0.25) is 4.79 Å². The molecule has 0 saturated heterocycles. The van der Waals surface area contributed by atoms with Crippen LogP contribution in [0.4, 0.5) is 4.79 Å². The third-order valence-corrected chi connectivity index (χ3v) is 7.14. The molecule has 1 saturated carbocycles. The minimum Gasteiger partial charge on any atom is -0.493 e. The molecule has 2 aliphatic carbocycles. The number of carbonyl (C=O) groups is 2. The number of hydrogen-bond donors (Lipinski definition) is 1. The topological polar surface area (TPSA) is 83.1 Å². The van der Waals surface area contributed by atoms with E-state index in [1.54, 1.807) is 14.2 Å². The molecule has 0 unspecified atom stereocenters. The molecule has 3 aromatic carbocycles. The molecule has 0 radical (unpaired) electrons. The Labute approximate surface area is 216 Å². The van der Waals surface area contributed by atoms with E-state index >= 15 is 0 Å². The van der Waals surface area contributed by atoms with E-state index in [-0.39, 0.29) is 17.8 Å². The lowest BCUT2D eigenvalue weighted by Gasteiger charge is -2.22. The van der Waals surface area contributed by atoms with Crippen molar-refractivity contribution in [3.05, 3.63) is 77.4 Å². The third-order valence-electron chi connectivity index (χ3n) is 7.14. The van der Waals surface area contributed by atoms with Crippen LogP contribution in [0, 0.1) is 5.41 Å². The molecule has 0 spiro atoms. The SMILES string of the molecule is COc1ccc(-c2cccc3c2CCC3=O)c(OCC2(COC(=O)NCc3ccccc3)CC2)c1OC. The van der Waals surface area contributed by atoms with E-state index in [0.717, 1.165) is 40.7 Å². The molecule has 0 aliphatic heterocycles. The van der Waals surface area contributed by atoms with Crippen LogP contribution in [0.15, 0.2) is 60.7 Å². The number of methoxy groups -OCH3 is 2. The highest BCUT2D eigenvalue weighted by Crippen LogP contribution is 2.50. The molecule has 0 bridgehead atoms. The summed E-state index contributed by atoms with van der Waals surface area (Å²) in [6, 6.07) is 19.3. The molecule has 1 amide bonds. The first-order valence-electron chi connectivity index (χ1n) is 12.5. The molecule has 0 atom stereocenters. The zero-order chi connectivity index (χ0) is 25.8. The third kappa shape index (κ3) is 5.26. The van der Waals surface area contributed by atoms with Crippen LogP contribution in [0.25, 0.3) is 11.1 Å². The second-order valence-corrected chi connectivity index (χ2v) is 9.64. The zero-order valence-electron chi connectivity index (χ0n) is 21.2. The predicted molar refractivity (Wildman–Crippen MR) is 139 cm³/mol. The van der Waals surface area contributed by atoms with Crippen molar-refractivity contribution < 1.29 is 28.5 Å². The van der Waals surface area contributed by atoms with Gasteiger partial charge in [0, 0.05) is 29.5 Å². The van der Waals surface area contributed by atoms with Crippen LogP contribution in [-0.2, 0) is 17.7 Å². The molecular formula is C30H31NO6. The summed E-state index contributed by atoms with van der Waals surface area (Å²) in [5.74, 6) is 1.79. The maximum atomic E-state index is 12.4. The monoisotopic (exact) mass is 501 g/mol. The fourth-order valence-corrected chi connectivity index (χ4v) is 4.77. The van der Waals surface area contributed by atoms with Gasteiger partial charge < -0.3 is 24.3 Å². The highest BCUT2D eigenvalue weighted by molar-refractivity contribution is 6.02. The number of hydrogen-bond acceptors (Lipinski definition) is 6. The van der Waals surface area contributed by atoms with E-state index in [9.17, 15) is 9.59 Å². The lowest BCUT2D eigenvalue weighted by Crippen LogP contribution is -2.28. The van der Waals surface area contributed by atoms with Gasteiger partial charge in [0.2, 0.25) is 5.75 Å². The van der Waals surface area contributed by atoms with Crippen LogP contribution >= 0.6 is 0 Å². The number of carbonyl (C=O) groups excluding carboxylic acids is 2. The van der Waals surface area contributed by atoms with E-state index in [4.69, 9.17) is 18.9 Å². The Bertz CT molecular complexity index is 1300. The normalized spacial score (nSPS) is 15.0. The first-order chi connectivity index (χ1) is 18.0. The van der Waals surface area contributed by atoms with E-state index in [1.165, 1.54) is 0 Å². The van der Waals surface area contributed by atoms with Gasteiger partial charge in [0.25, 0.3) is 0 Å². The number of Topliss-reactive ketones (excluding diaryl/α,β-unsaturated/α-hetero) is 1. The van der Waals surface area contributed by atoms with Gasteiger partial charge in [0.05, 0.1) is 20.8 Å².